The Labute approximate surface area is 217 Å². The van der Waals surface area contributed by atoms with Crippen LogP contribution in [0.15, 0.2) is 71.4 Å². The average molecular weight is 495 g/mol. The van der Waals surface area contributed by atoms with Crippen molar-refractivity contribution >= 4 is 17.9 Å². The number of unbranched alkanes of at least 4 members (excludes halogenated alkanes) is 1. The number of imide groups is 1. The fourth-order valence-corrected chi connectivity index (χ4v) is 4.38. The second kappa shape index (κ2) is 11.1. The molecule has 3 aromatic rings. The molecular formula is C30H30N4O3. The molecule has 2 amide bonds. The summed E-state index contributed by atoms with van der Waals surface area (Å²) < 4.78 is 7.43. The Morgan fingerprint density at radius 2 is 1.81 bits per heavy atom. The molecule has 0 fully saturated rings. The van der Waals surface area contributed by atoms with Crippen molar-refractivity contribution in [3.63, 3.8) is 0 Å². The summed E-state index contributed by atoms with van der Waals surface area (Å²) in [6.07, 6.45) is 5.11. The number of rotatable bonds is 8. The van der Waals surface area contributed by atoms with Crippen LogP contribution in [0.4, 0.5) is 0 Å². The maximum absolute atomic E-state index is 13.5. The summed E-state index contributed by atoms with van der Waals surface area (Å²) in [6.45, 7) is 8.42. The largest absolute Gasteiger partial charge is 0.494 e. The number of nitriles is 1. The predicted octanol–water partition coefficient (Wildman–Crippen LogP) is 5.64. The van der Waals surface area contributed by atoms with Gasteiger partial charge in [-0.1, -0.05) is 31.5 Å². The summed E-state index contributed by atoms with van der Waals surface area (Å²) in [5, 5.41) is 14.6. The van der Waals surface area contributed by atoms with Crippen molar-refractivity contribution in [2.45, 2.75) is 40.5 Å². The third kappa shape index (κ3) is 5.10. The minimum absolute atomic E-state index is 0.00352. The average Bonchev–Trinajstić information content (AvgIpc) is 3.31. The van der Waals surface area contributed by atoms with E-state index < -0.39 is 11.8 Å². The number of nitrogens with zero attached hydrogens (tertiary/aromatic N) is 4. The van der Waals surface area contributed by atoms with E-state index in [0.717, 1.165) is 29.0 Å². The SMILES string of the molecule is CCCCN1C(=O)C(=Cc2cn(-c3ccccc3)nc2-c2ccc(OCC)cc2C)C(C)=C(C#N)C1=O. The van der Waals surface area contributed by atoms with Crippen LogP contribution in [0.5, 0.6) is 5.75 Å². The number of carbonyl (C=O) groups is 2. The molecule has 2 aromatic carbocycles. The first-order chi connectivity index (χ1) is 17.9. The zero-order valence-electron chi connectivity index (χ0n) is 21.6. The van der Waals surface area contributed by atoms with Gasteiger partial charge in [-0.05, 0) is 74.7 Å². The fourth-order valence-electron chi connectivity index (χ4n) is 4.38. The van der Waals surface area contributed by atoms with Crippen molar-refractivity contribution in [1.82, 2.24) is 14.7 Å². The normalized spacial score (nSPS) is 14.9. The van der Waals surface area contributed by atoms with E-state index >= 15 is 0 Å². The molecule has 0 N–H and O–H groups in total. The molecule has 0 aliphatic carbocycles. The van der Waals surface area contributed by atoms with E-state index in [1.54, 1.807) is 17.7 Å². The first-order valence-corrected chi connectivity index (χ1v) is 12.5. The standard InChI is InChI=1S/C30H30N4O3/c1-5-7-15-33-29(35)26(21(4)27(18-31)30(33)36)17-22-19-34(23-11-9-8-10-12-23)32-28(22)25-14-13-24(37-6-2)16-20(25)3/h8-14,16-17,19H,5-7,15H2,1-4H3. The molecule has 0 unspecified atom stereocenters. The van der Waals surface area contributed by atoms with E-state index in [4.69, 9.17) is 9.84 Å². The van der Waals surface area contributed by atoms with Crippen LogP contribution >= 0.6 is 0 Å². The number of aryl methyl sites for hydroxylation is 1. The number of para-hydroxylation sites is 1. The summed E-state index contributed by atoms with van der Waals surface area (Å²) in [5.74, 6) is -0.147. The lowest BCUT2D eigenvalue weighted by molar-refractivity contribution is -0.140. The first-order valence-electron chi connectivity index (χ1n) is 12.5. The van der Waals surface area contributed by atoms with Gasteiger partial charge in [0.1, 0.15) is 23.1 Å². The highest BCUT2D eigenvalue weighted by Crippen LogP contribution is 2.33. The Balaban J connectivity index is 1.90. The maximum Gasteiger partial charge on any atom is 0.271 e. The van der Waals surface area contributed by atoms with Gasteiger partial charge in [-0.3, -0.25) is 14.5 Å². The Hall–Kier alpha value is -4.44. The lowest BCUT2D eigenvalue weighted by Crippen LogP contribution is -2.43. The second-order valence-electron chi connectivity index (χ2n) is 8.91. The van der Waals surface area contributed by atoms with Crippen molar-refractivity contribution < 1.29 is 14.3 Å². The summed E-state index contributed by atoms with van der Waals surface area (Å²) in [7, 11) is 0. The van der Waals surface area contributed by atoms with E-state index in [1.807, 2.05) is 81.6 Å². The lowest BCUT2D eigenvalue weighted by Gasteiger charge is -2.27. The minimum Gasteiger partial charge on any atom is -0.494 e. The second-order valence-corrected chi connectivity index (χ2v) is 8.91. The number of amides is 2. The van der Waals surface area contributed by atoms with Crippen molar-refractivity contribution in [2.24, 2.45) is 0 Å². The van der Waals surface area contributed by atoms with Crippen LogP contribution in [0.1, 0.15) is 44.7 Å². The van der Waals surface area contributed by atoms with Crippen LogP contribution in [0.3, 0.4) is 0 Å². The van der Waals surface area contributed by atoms with Gasteiger partial charge in [0.15, 0.2) is 0 Å². The fraction of sp³-hybridized carbons (Fsp3) is 0.267. The Morgan fingerprint density at radius 3 is 2.46 bits per heavy atom. The third-order valence-electron chi connectivity index (χ3n) is 6.39. The molecule has 0 radical (unpaired) electrons. The van der Waals surface area contributed by atoms with Crippen molar-refractivity contribution in [3.05, 3.63) is 82.6 Å². The van der Waals surface area contributed by atoms with Crippen LogP contribution < -0.4 is 4.74 Å². The summed E-state index contributed by atoms with van der Waals surface area (Å²) >= 11 is 0. The molecule has 0 atom stereocenters. The Kier molecular flexibility index (Phi) is 7.69. The number of benzene rings is 2. The van der Waals surface area contributed by atoms with Crippen molar-refractivity contribution in [2.75, 3.05) is 13.2 Å². The van der Waals surface area contributed by atoms with Gasteiger partial charge < -0.3 is 4.74 Å². The van der Waals surface area contributed by atoms with Gasteiger partial charge in [-0.2, -0.15) is 10.4 Å². The number of ether oxygens (including phenoxy) is 1. The molecule has 4 rings (SSSR count). The summed E-state index contributed by atoms with van der Waals surface area (Å²) in [6, 6.07) is 17.6. The molecule has 7 nitrogen and oxygen atoms in total. The number of carbonyl (C=O) groups excluding carboxylic acids is 2. The Bertz CT molecular complexity index is 1440. The highest BCUT2D eigenvalue weighted by Gasteiger charge is 2.35. The third-order valence-corrected chi connectivity index (χ3v) is 6.39. The Morgan fingerprint density at radius 1 is 1.05 bits per heavy atom. The van der Waals surface area contributed by atoms with Gasteiger partial charge in [0.2, 0.25) is 0 Å². The van der Waals surface area contributed by atoms with Crippen molar-refractivity contribution in [1.29, 1.82) is 5.26 Å². The van der Waals surface area contributed by atoms with E-state index in [0.29, 0.717) is 35.4 Å². The topological polar surface area (TPSA) is 88.2 Å². The quantitative estimate of drug-likeness (QED) is 0.299. The highest BCUT2D eigenvalue weighted by atomic mass is 16.5. The van der Waals surface area contributed by atoms with Crippen molar-refractivity contribution in [3.8, 4) is 28.8 Å². The molecule has 37 heavy (non-hydrogen) atoms. The monoisotopic (exact) mass is 494 g/mol. The molecule has 0 bridgehead atoms. The smallest absolute Gasteiger partial charge is 0.271 e. The van der Waals surface area contributed by atoms with E-state index in [-0.39, 0.29) is 12.1 Å². The van der Waals surface area contributed by atoms with E-state index in [9.17, 15) is 14.9 Å². The molecule has 1 aliphatic heterocycles. The van der Waals surface area contributed by atoms with Gasteiger partial charge in [0.05, 0.1) is 12.3 Å². The maximum atomic E-state index is 13.5. The molecular weight excluding hydrogens is 464 g/mol. The van der Waals surface area contributed by atoms with Gasteiger partial charge in [-0.15, -0.1) is 0 Å². The molecule has 1 aliphatic rings. The molecule has 0 saturated heterocycles. The molecule has 7 heteroatoms. The number of hydrogen-bond acceptors (Lipinski definition) is 5. The lowest BCUT2D eigenvalue weighted by atomic mass is 9.92. The highest BCUT2D eigenvalue weighted by molar-refractivity contribution is 6.19. The van der Waals surface area contributed by atoms with Crippen LogP contribution in [0.2, 0.25) is 0 Å². The first kappa shape index (κ1) is 25.6. The predicted molar refractivity (Wildman–Crippen MR) is 143 cm³/mol. The zero-order valence-corrected chi connectivity index (χ0v) is 21.6. The molecule has 0 spiro atoms. The summed E-state index contributed by atoms with van der Waals surface area (Å²) in [4.78, 5) is 27.5. The van der Waals surface area contributed by atoms with Crippen LogP contribution in [0, 0.1) is 18.3 Å². The zero-order chi connectivity index (χ0) is 26.5. The molecule has 188 valence electrons. The summed E-state index contributed by atoms with van der Waals surface area (Å²) in [5.41, 5.74) is 4.84. The number of hydrogen-bond donors (Lipinski definition) is 0. The minimum atomic E-state index is -0.529. The van der Waals surface area contributed by atoms with E-state index in [2.05, 4.69) is 0 Å². The van der Waals surface area contributed by atoms with Gasteiger partial charge in [0, 0.05) is 29.4 Å². The molecule has 2 heterocycles. The van der Waals surface area contributed by atoms with Gasteiger partial charge >= 0.3 is 0 Å². The number of aromatic nitrogens is 2. The molecule has 0 saturated carbocycles. The van der Waals surface area contributed by atoms with Crippen LogP contribution in [-0.2, 0) is 9.59 Å². The molecule has 1 aromatic heterocycles. The van der Waals surface area contributed by atoms with Crippen LogP contribution in [-0.4, -0.2) is 39.6 Å². The van der Waals surface area contributed by atoms with E-state index in [1.165, 1.54) is 4.90 Å². The van der Waals surface area contributed by atoms with Gasteiger partial charge in [-0.25, -0.2) is 4.68 Å². The van der Waals surface area contributed by atoms with Crippen LogP contribution in [0.25, 0.3) is 23.0 Å². The van der Waals surface area contributed by atoms with Gasteiger partial charge in [0.25, 0.3) is 11.8 Å².